The number of rotatable bonds is 18. The van der Waals surface area contributed by atoms with Crippen molar-refractivity contribution >= 4 is 45.6 Å². The van der Waals surface area contributed by atoms with Gasteiger partial charge in [0.1, 0.15) is 12.1 Å². The van der Waals surface area contributed by atoms with Gasteiger partial charge in [0.15, 0.2) is 0 Å². The summed E-state index contributed by atoms with van der Waals surface area (Å²) < 4.78 is 19.0. The third kappa shape index (κ3) is 10.9. The molecule has 0 radical (unpaired) electrons. The van der Waals surface area contributed by atoms with Gasteiger partial charge in [0.2, 0.25) is 17.7 Å². The lowest BCUT2D eigenvalue weighted by Crippen LogP contribution is -2.57. The zero-order chi connectivity index (χ0) is 38.0. The molecular weight excluding hydrogens is 697 g/mol. The number of fused-ring (bicyclic) bond motifs is 1. The number of nitrogen functional groups attached to an aromatic ring is 1. The van der Waals surface area contributed by atoms with E-state index in [1.165, 1.54) is 4.90 Å². The Labute approximate surface area is 314 Å². The van der Waals surface area contributed by atoms with Crippen LogP contribution in [0.25, 0.3) is 21.3 Å². The van der Waals surface area contributed by atoms with Crippen LogP contribution in [0.5, 0.6) is 0 Å². The molecule has 13 nitrogen and oxygen atoms in total. The van der Waals surface area contributed by atoms with Crippen molar-refractivity contribution in [3.05, 3.63) is 71.5 Å². The van der Waals surface area contributed by atoms with E-state index in [0.717, 1.165) is 38.3 Å². The molecule has 53 heavy (non-hydrogen) atoms. The number of carbonyl (C=O) groups is 3. The first-order chi connectivity index (χ1) is 25.4. The highest BCUT2D eigenvalue weighted by Gasteiger charge is 2.44. The number of hydrogen-bond acceptors (Lipinski definition) is 10. The van der Waals surface area contributed by atoms with E-state index in [-0.39, 0.29) is 44.4 Å². The third-order valence-corrected chi connectivity index (χ3v) is 10.2. The lowest BCUT2D eigenvalue weighted by atomic mass is 9.85. The molecular formula is C39H52N6O7S. The summed E-state index contributed by atoms with van der Waals surface area (Å²) in [6.45, 7) is 10.8. The molecule has 1 aliphatic heterocycles. The highest BCUT2D eigenvalue weighted by molar-refractivity contribution is 7.13. The molecule has 1 aliphatic rings. The van der Waals surface area contributed by atoms with Crippen molar-refractivity contribution in [3.63, 3.8) is 0 Å². The monoisotopic (exact) mass is 748 g/mol. The molecule has 1 fully saturated rings. The molecule has 3 amide bonds. The minimum atomic E-state index is -0.906. The normalized spacial score (nSPS) is 16.6. The van der Waals surface area contributed by atoms with Crippen LogP contribution in [0.2, 0.25) is 0 Å². The largest absolute Gasteiger partial charge is 0.398 e. The predicted molar refractivity (Wildman–Crippen MR) is 205 cm³/mol. The zero-order valence-corrected chi connectivity index (χ0v) is 31.8. The van der Waals surface area contributed by atoms with Gasteiger partial charge in [0.05, 0.1) is 67.3 Å². The summed E-state index contributed by atoms with van der Waals surface area (Å²) in [7, 11) is 0. The van der Waals surface area contributed by atoms with Gasteiger partial charge in [-0.3, -0.25) is 14.4 Å². The van der Waals surface area contributed by atoms with Crippen LogP contribution in [0, 0.1) is 12.3 Å². The number of nitrogens with zero attached hydrogens (tertiary/aromatic N) is 3. The third-order valence-electron chi connectivity index (χ3n) is 9.25. The average molecular weight is 749 g/mol. The van der Waals surface area contributed by atoms with E-state index in [1.54, 1.807) is 11.3 Å². The van der Waals surface area contributed by atoms with Crippen molar-refractivity contribution in [2.75, 3.05) is 51.9 Å². The van der Waals surface area contributed by atoms with Gasteiger partial charge in [-0.15, -0.1) is 11.3 Å². The maximum atomic E-state index is 13.9. The number of ether oxygens (including phenoxy) is 3. The van der Waals surface area contributed by atoms with E-state index >= 15 is 0 Å². The van der Waals surface area contributed by atoms with Crippen LogP contribution >= 0.6 is 11.3 Å². The number of nitrogens with two attached hydrogens (primary N) is 1. The van der Waals surface area contributed by atoms with Gasteiger partial charge in [-0.05, 0) is 41.7 Å². The molecule has 5 N–H and O–H groups in total. The quantitative estimate of drug-likeness (QED) is 0.0871. The molecule has 0 aliphatic carbocycles. The highest BCUT2D eigenvalue weighted by atomic mass is 32.1. The first kappa shape index (κ1) is 39.9. The molecule has 286 valence electrons. The molecule has 3 heterocycles. The van der Waals surface area contributed by atoms with Gasteiger partial charge in [0.25, 0.3) is 0 Å². The molecule has 5 rings (SSSR count). The first-order valence-electron chi connectivity index (χ1n) is 18.0. The fourth-order valence-corrected chi connectivity index (χ4v) is 7.14. The van der Waals surface area contributed by atoms with E-state index in [0.29, 0.717) is 39.6 Å². The number of aryl methyl sites for hydroxylation is 1. The Bertz CT molecular complexity index is 1820. The standard InChI is InChI=1S/C39H52N6O7S/c1-26-35(53-25-42-26)28-10-8-27(9-11-28)23-41-37(48)33-22-29(46)24-45(33)38(49)36(39(2,3)4)43-34(47)13-16-50-18-20-52-21-19-51-17-15-44-14-12-30-31(40)6-5-7-32(30)44/h5-12,14,25,29,33,36,46H,13,15-24,40H2,1-4H3,(H,41,48)(H,43,47)/t29-,33+,36-/m1/s1. The summed E-state index contributed by atoms with van der Waals surface area (Å²) in [5, 5.41) is 17.3. The maximum Gasteiger partial charge on any atom is 0.246 e. The lowest BCUT2D eigenvalue weighted by molar-refractivity contribution is -0.144. The number of β-amino-alcohol motifs (C(OH)–C–C–N with tert-alkyl or cyclic N) is 1. The van der Waals surface area contributed by atoms with Gasteiger partial charge in [0, 0.05) is 49.7 Å². The smallest absolute Gasteiger partial charge is 0.246 e. The number of nitrogens with one attached hydrogen (secondary N) is 2. The van der Waals surface area contributed by atoms with Crippen molar-refractivity contribution in [2.24, 2.45) is 5.41 Å². The molecule has 1 saturated heterocycles. The Balaban J connectivity index is 0.989. The number of benzene rings is 2. The number of carbonyl (C=O) groups excluding carboxylic acids is 3. The molecule has 14 heteroatoms. The Hall–Kier alpha value is -4.34. The number of thiazole rings is 1. The Morgan fingerprint density at radius 2 is 1.70 bits per heavy atom. The molecule has 4 aromatic rings. The molecule has 0 unspecified atom stereocenters. The van der Waals surface area contributed by atoms with Gasteiger partial charge < -0.3 is 45.2 Å². The molecule has 2 aromatic carbocycles. The first-order valence-corrected chi connectivity index (χ1v) is 18.9. The van der Waals surface area contributed by atoms with Crippen LogP contribution in [0.3, 0.4) is 0 Å². The van der Waals surface area contributed by atoms with E-state index in [1.807, 2.05) is 87.9 Å². The van der Waals surface area contributed by atoms with E-state index in [9.17, 15) is 19.5 Å². The number of anilines is 1. The zero-order valence-electron chi connectivity index (χ0n) is 31.0. The van der Waals surface area contributed by atoms with E-state index in [4.69, 9.17) is 19.9 Å². The number of aliphatic hydroxyl groups excluding tert-OH is 1. The van der Waals surface area contributed by atoms with Gasteiger partial charge in [-0.2, -0.15) is 0 Å². The Morgan fingerprint density at radius 3 is 2.38 bits per heavy atom. The summed E-state index contributed by atoms with van der Waals surface area (Å²) in [6.07, 6.45) is 1.33. The second-order valence-electron chi connectivity index (χ2n) is 14.3. The fraction of sp³-hybridized carbons (Fsp3) is 0.487. The summed E-state index contributed by atoms with van der Waals surface area (Å²) >= 11 is 1.58. The van der Waals surface area contributed by atoms with Crippen molar-refractivity contribution < 1.29 is 33.7 Å². The molecule has 3 atom stereocenters. The topological polar surface area (TPSA) is 170 Å². The average Bonchev–Trinajstić information content (AvgIpc) is 3.86. The molecule has 2 aromatic heterocycles. The van der Waals surface area contributed by atoms with Crippen LogP contribution in [0.15, 0.2) is 60.2 Å². The lowest BCUT2D eigenvalue weighted by Gasteiger charge is -2.35. The van der Waals surface area contributed by atoms with Gasteiger partial charge in [-0.1, -0.05) is 51.1 Å². The van der Waals surface area contributed by atoms with Crippen LogP contribution in [-0.2, 0) is 41.7 Å². The Morgan fingerprint density at radius 1 is 1.00 bits per heavy atom. The second kappa shape index (κ2) is 18.6. The van der Waals surface area contributed by atoms with Crippen LogP contribution < -0.4 is 16.4 Å². The number of likely N-dealkylation sites (tertiary alicyclic amines) is 1. The summed E-state index contributed by atoms with van der Waals surface area (Å²) in [6, 6.07) is 14.0. The van der Waals surface area contributed by atoms with Crippen molar-refractivity contribution in [1.82, 2.24) is 25.1 Å². The predicted octanol–water partition coefficient (Wildman–Crippen LogP) is 3.90. The SMILES string of the molecule is Cc1ncsc1-c1ccc(CNC(=O)[C@@H]2C[C@@H](O)CN2C(=O)[C@@H](NC(=O)CCOCCOCCOCCn2ccc3c(N)cccc32)C(C)(C)C)cc1. The van der Waals surface area contributed by atoms with Crippen molar-refractivity contribution in [2.45, 2.75) is 71.8 Å². The minimum absolute atomic E-state index is 0.0102. The minimum Gasteiger partial charge on any atom is -0.398 e. The molecule has 0 spiro atoms. The number of aromatic nitrogens is 2. The van der Waals surface area contributed by atoms with Crippen LogP contribution in [0.4, 0.5) is 5.69 Å². The van der Waals surface area contributed by atoms with Crippen LogP contribution in [0.1, 0.15) is 44.9 Å². The summed E-state index contributed by atoms with van der Waals surface area (Å²) in [5.74, 6) is -1.10. The van der Waals surface area contributed by atoms with Gasteiger partial charge >= 0.3 is 0 Å². The van der Waals surface area contributed by atoms with E-state index in [2.05, 4.69) is 20.2 Å². The van der Waals surface area contributed by atoms with Crippen LogP contribution in [-0.4, -0.2) is 102 Å². The number of hydrogen-bond donors (Lipinski definition) is 4. The number of aliphatic hydroxyl groups is 1. The van der Waals surface area contributed by atoms with Crippen molar-refractivity contribution in [1.29, 1.82) is 0 Å². The fourth-order valence-electron chi connectivity index (χ4n) is 6.33. The summed E-state index contributed by atoms with van der Waals surface area (Å²) in [4.78, 5) is 46.9. The van der Waals surface area contributed by atoms with Gasteiger partial charge in [-0.25, -0.2) is 4.98 Å². The Kier molecular flexibility index (Phi) is 14.0. The molecule has 0 bridgehead atoms. The van der Waals surface area contributed by atoms with E-state index < -0.39 is 29.5 Å². The summed E-state index contributed by atoms with van der Waals surface area (Å²) in [5.41, 5.74) is 12.0. The second-order valence-corrected chi connectivity index (χ2v) is 15.2. The van der Waals surface area contributed by atoms with Crippen molar-refractivity contribution in [3.8, 4) is 10.4 Å². The highest BCUT2D eigenvalue weighted by Crippen LogP contribution is 2.28. The molecule has 0 saturated carbocycles. The maximum absolute atomic E-state index is 13.9. The number of amides is 3.